The molecule has 0 rings (SSSR count). The number of carboxylic acid groups (broad SMARTS) is 2. The molecule has 0 bridgehead atoms. The Morgan fingerprint density at radius 1 is 1.12 bits per heavy atom. The van der Waals surface area contributed by atoms with Gasteiger partial charge in [0.2, 0.25) is 0 Å². The molecule has 0 aliphatic heterocycles. The summed E-state index contributed by atoms with van der Waals surface area (Å²) in [5, 5.41) is 15.8. The van der Waals surface area contributed by atoms with Crippen molar-refractivity contribution >= 4 is 51.6 Å². The third-order valence-electron chi connectivity index (χ3n) is 0.881. The summed E-state index contributed by atoms with van der Waals surface area (Å²) in [6.45, 7) is 3.11. The normalized spacial score (nSPS) is 9.06. The third kappa shape index (κ3) is 29.2. The minimum absolute atomic E-state index is 0. The van der Waals surface area contributed by atoms with Crippen molar-refractivity contribution < 1.29 is 32.8 Å². The van der Waals surface area contributed by atoms with Gasteiger partial charge in [-0.15, -0.1) is 6.58 Å². The zero-order chi connectivity index (χ0) is 12.5. The molecule has 0 heterocycles. The number of carbonyl (C=O) groups is 2. The maximum atomic E-state index is 9.72. The Hall–Kier alpha value is -0.410. The van der Waals surface area contributed by atoms with Crippen LogP contribution in [0.1, 0.15) is 12.8 Å². The Labute approximate surface area is 115 Å². The molecule has 0 aromatic rings. The quantitative estimate of drug-likeness (QED) is 0.341. The zero-order valence-electron chi connectivity index (χ0n) is 7.79. The molecule has 0 atom stereocenters. The minimum atomic E-state index is -3.79. The SMILES string of the molecule is C=CCS(=O)(=O)O.O=C(O)CCC(=O)O.[NaH]. The van der Waals surface area contributed by atoms with Crippen molar-refractivity contribution in [3.05, 3.63) is 12.7 Å². The molecule has 0 saturated heterocycles. The summed E-state index contributed by atoms with van der Waals surface area (Å²) in [6, 6.07) is 0. The van der Waals surface area contributed by atoms with Gasteiger partial charge in [-0.1, -0.05) is 6.08 Å². The molecule has 90 valence electrons. The Morgan fingerprint density at radius 2 is 1.44 bits per heavy atom. The predicted molar refractivity (Wildman–Crippen MR) is 58.3 cm³/mol. The number of hydrogen-bond acceptors (Lipinski definition) is 4. The third-order valence-corrected chi connectivity index (χ3v) is 1.54. The summed E-state index contributed by atoms with van der Waals surface area (Å²) in [6.07, 6.45) is 0.528. The van der Waals surface area contributed by atoms with Crippen molar-refractivity contribution in [1.82, 2.24) is 0 Å². The second-order valence-electron chi connectivity index (χ2n) is 2.32. The number of hydrogen-bond donors (Lipinski definition) is 3. The van der Waals surface area contributed by atoms with Crippen LogP contribution in [-0.4, -0.2) is 70.4 Å². The van der Waals surface area contributed by atoms with Gasteiger partial charge >= 0.3 is 41.5 Å². The molecule has 0 spiro atoms. The maximum absolute atomic E-state index is 9.72. The van der Waals surface area contributed by atoms with Crippen LogP contribution >= 0.6 is 0 Å². The van der Waals surface area contributed by atoms with Gasteiger partial charge < -0.3 is 10.2 Å². The van der Waals surface area contributed by atoms with Crippen LogP contribution in [0.2, 0.25) is 0 Å². The summed E-state index contributed by atoms with van der Waals surface area (Å²) >= 11 is 0. The second-order valence-corrected chi connectivity index (χ2v) is 3.82. The van der Waals surface area contributed by atoms with Crippen LogP contribution in [0.15, 0.2) is 12.7 Å². The van der Waals surface area contributed by atoms with E-state index >= 15 is 0 Å². The van der Waals surface area contributed by atoms with Crippen molar-refractivity contribution in [2.24, 2.45) is 0 Å². The van der Waals surface area contributed by atoms with Gasteiger partial charge in [-0.05, 0) is 0 Å². The van der Waals surface area contributed by atoms with Crippen LogP contribution < -0.4 is 0 Å². The number of aliphatic carboxylic acids is 2. The van der Waals surface area contributed by atoms with Gasteiger partial charge in [0.15, 0.2) is 0 Å². The van der Waals surface area contributed by atoms with E-state index in [0.717, 1.165) is 6.08 Å². The Bertz CT molecular complexity index is 308. The van der Waals surface area contributed by atoms with Gasteiger partial charge in [0.1, 0.15) is 0 Å². The first-order valence-electron chi connectivity index (χ1n) is 3.68. The Balaban J connectivity index is -0.000000200. The number of rotatable bonds is 5. The topological polar surface area (TPSA) is 129 Å². The van der Waals surface area contributed by atoms with E-state index in [0.29, 0.717) is 0 Å². The molecule has 0 saturated carbocycles. The van der Waals surface area contributed by atoms with Crippen LogP contribution in [-0.2, 0) is 19.7 Å². The van der Waals surface area contributed by atoms with Gasteiger partial charge in [-0.2, -0.15) is 8.42 Å². The molecule has 0 fully saturated rings. The van der Waals surface area contributed by atoms with Crippen LogP contribution in [0.5, 0.6) is 0 Å². The molecular weight excluding hydrogens is 251 g/mol. The molecule has 16 heavy (non-hydrogen) atoms. The molecular formula is C7H13NaO7S. The van der Waals surface area contributed by atoms with Gasteiger partial charge in [-0.25, -0.2) is 0 Å². The van der Waals surface area contributed by atoms with Crippen LogP contribution in [0.25, 0.3) is 0 Å². The Kier molecular flexibility index (Phi) is 14.5. The summed E-state index contributed by atoms with van der Waals surface area (Å²) in [5.41, 5.74) is 0. The van der Waals surface area contributed by atoms with Gasteiger partial charge in [0.05, 0.1) is 18.6 Å². The first-order valence-corrected chi connectivity index (χ1v) is 5.29. The van der Waals surface area contributed by atoms with Crippen molar-refractivity contribution in [3.8, 4) is 0 Å². The van der Waals surface area contributed by atoms with E-state index in [1.54, 1.807) is 0 Å². The van der Waals surface area contributed by atoms with Crippen LogP contribution in [0.4, 0.5) is 0 Å². The van der Waals surface area contributed by atoms with Gasteiger partial charge in [-0.3, -0.25) is 14.1 Å². The van der Waals surface area contributed by atoms with Crippen LogP contribution in [0.3, 0.4) is 0 Å². The van der Waals surface area contributed by atoms with Crippen LogP contribution in [0, 0.1) is 0 Å². The molecule has 0 aromatic heterocycles. The summed E-state index contributed by atoms with van der Waals surface area (Å²) < 4.78 is 27.3. The molecule has 7 nitrogen and oxygen atoms in total. The Morgan fingerprint density at radius 3 is 1.50 bits per heavy atom. The van der Waals surface area contributed by atoms with Crippen molar-refractivity contribution in [2.45, 2.75) is 12.8 Å². The van der Waals surface area contributed by atoms with Gasteiger partial charge in [0.25, 0.3) is 10.1 Å². The fourth-order valence-corrected chi connectivity index (χ4v) is 0.661. The average molecular weight is 264 g/mol. The van der Waals surface area contributed by atoms with E-state index in [4.69, 9.17) is 14.8 Å². The van der Waals surface area contributed by atoms with E-state index < -0.39 is 22.1 Å². The number of carboxylic acids is 2. The van der Waals surface area contributed by atoms with E-state index in [1.165, 1.54) is 0 Å². The fraction of sp³-hybridized carbons (Fsp3) is 0.429. The average Bonchev–Trinajstić information content (AvgIpc) is 1.99. The second kappa shape index (κ2) is 11.1. The van der Waals surface area contributed by atoms with Gasteiger partial charge in [0, 0.05) is 0 Å². The van der Waals surface area contributed by atoms with E-state index in [1.807, 2.05) is 0 Å². The molecule has 0 aromatic carbocycles. The molecule has 0 unspecified atom stereocenters. The molecule has 9 heteroatoms. The standard InChI is InChI=1S/C4H6O4.C3H6O3S.Na.H/c5-3(6)1-2-4(7)8;1-2-3-7(4,5)6;;/h1-2H2,(H,5,6)(H,7,8);2H,1,3H2,(H,4,5,6);;. The van der Waals surface area contributed by atoms with Crippen molar-refractivity contribution in [2.75, 3.05) is 5.75 Å². The van der Waals surface area contributed by atoms with Crippen molar-refractivity contribution in [3.63, 3.8) is 0 Å². The first-order chi connectivity index (χ1) is 6.69. The monoisotopic (exact) mass is 264 g/mol. The summed E-state index contributed by atoms with van der Waals surface area (Å²) in [7, 11) is -3.79. The fourth-order valence-electron chi connectivity index (χ4n) is 0.363. The van der Waals surface area contributed by atoms with E-state index in [2.05, 4.69) is 6.58 Å². The predicted octanol–water partition coefficient (Wildman–Crippen LogP) is -0.652. The summed E-state index contributed by atoms with van der Waals surface area (Å²) in [4.78, 5) is 19.3. The molecule has 0 amide bonds. The molecule has 0 aliphatic rings. The molecule has 0 aliphatic carbocycles. The molecule has 3 N–H and O–H groups in total. The first kappa shape index (κ1) is 20.9. The zero-order valence-corrected chi connectivity index (χ0v) is 8.61. The van der Waals surface area contributed by atoms with Crippen molar-refractivity contribution in [1.29, 1.82) is 0 Å². The summed E-state index contributed by atoms with van der Waals surface area (Å²) in [5.74, 6) is -2.52. The van der Waals surface area contributed by atoms with E-state index in [-0.39, 0.29) is 48.2 Å². The molecule has 0 radical (unpaired) electrons. The van der Waals surface area contributed by atoms with E-state index in [9.17, 15) is 18.0 Å².